The van der Waals surface area contributed by atoms with E-state index in [1.54, 1.807) is 7.05 Å². The van der Waals surface area contributed by atoms with Gasteiger partial charge >= 0.3 is 0 Å². The third-order valence-corrected chi connectivity index (χ3v) is 5.33. The van der Waals surface area contributed by atoms with Crippen molar-refractivity contribution in [3.63, 3.8) is 0 Å². The van der Waals surface area contributed by atoms with Gasteiger partial charge in [0, 0.05) is 31.4 Å². The lowest BCUT2D eigenvalue weighted by atomic mass is 10.1. The van der Waals surface area contributed by atoms with Crippen LogP contribution in [0.25, 0.3) is 0 Å². The van der Waals surface area contributed by atoms with Crippen molar-refractivity contribution in [2.75, 3.05) is 19.8 Å². The molecule has 0 heterocycles. The highest BCUT2D eigenvalue weighted by molar-refractivity contribution is 7.89. The molecule has 0 saturated heterocycles. The molecule has 28 heavy (non-hydrogen) atoms. The lowest BCUT2D eigenvalue weighted by Crippen LogP contribution is -2.37. The van der Waals surface area contributed by atoms with Crippen LogP contribution in [0, 0.1) is 5.82 Å². The number of aryl methyl sites for hydroxylation is 1. The van der Waals surface area contributed by atoms with Gasteiger partial charge in [0.2, 0.25) is 0 Å². The van der Waals surface area contributed by atoms with E-state index in [1.165, 1.54) is 18.2 Å². The van der Waals surface area contributed by atoms with Crippen LogP contribution < -0.4 is 10.6 Å². The van der Waals surface area contributed by atoms with Crippen molar-refractivity contribution in [1.29, 1.82) is 0 Å². The minimum Gasteiger partial charge on any atom is -0.356 e. The molecule has 8 heteroatoms. The van der Waals surface area contributed by atoms with Crippen LogP contribution in [0.4, 0.5) is 4.39 Å². The molecule has 0 aliphatic rings. The first kappa shape index (κ1) is 22.2. The Morgan fingerprint density at radius 2 is 1.86 bits per heavy atom. The van der Waals surface area contributed by atoms with Gasteiger partial charge < -0.3 is 10.6 Å². The topological polar surface area (TPSA) is 70.6 Å². The third-order valence-electron chi connectivity index (χ3n) is 4.13. The molecule has 2 aromatic carbocycles. The second kappa shape index (κ2) is 10.4. The first-order chi connectivity index (χ1) is 13.3. The number of nitrogens with one attached hydrogen (secondary N) is 2. The zero-order chi connectivity index (χ0) is 20.6. The van der Waals surface area contributed by atoms with E-state index in [0.29, 0.717) is 23.6 Å². The Morgan fingerprint density at radius 3 is 2.54 bits per heavy atom. The standard InChI is InChI=1S/C20H25ClFN3O2S/c1-23-20(24-11-5-7-15-6-3-4-8-19(15)21)25-13-17-12-18(22)10-9-16(17)14-28(2,26)27/h3-4,6,8-10,12H,5,7,11,13-14H2,1-2H3,(H2,23,24,25). The summed E-state index contributed by atoms with van der Waals surface area (Å²) in [5.41, 5.74) is 2.26. The number of hydrogen-bond donors (Lipinski definition) is 2. The number of benzene rings is 2. The van der Waals surface area contributed by atoms with Gasteiger partial charge in [-0.05, 0) is 47.7 Å². The van der Waals surface area contributed by atoms with Gasteiger partial charge in [0.15, 0.2) is 15.8 Å². The second-order valence-corrected chi connectivity index (χ2v) is 9.08. The molecule has 2 aromatic rings. The maximum atomic E-state index is 13.6. The molecular weight excluding hydrogens is 401 g/mol. The minimum atomic E-state index is -3.21. The summed E-state index contributed by atoms with van der Waals surface area (Å²) >= 11 is 6.15. The molecule has 0 radical (unpaired) electrons. The maximum absolute atomic E-state index is 13.6. The van der Waals surface area contributed by atoms with Crippen LogP contribution in [0.15, 0.2) is 47.5 Å². The number of nitrogens with zero attached hydrogens (tertiary/aromatic N) is 1. The van der Waals surface area contributed by atoms with E-state index in [0.717, 1.165) is 29.7 Å². The van der Waals surface area contributed by atoms with Crippen molar-refractivity contribution in [1.82, 2.24) is 10.6 Å². The third kappa shape index (κ3) is 7.48. The van der Waals surface area contributed by atoms with E-state index in [4.69, 9.17) is 11.6 Å². The molecule has 5 nitrogen and oxygen atoms in total. The van der Waals surface area contributed by atoms with E-state index in [-0.39, 0.29) is 12.3 Å². The highest BCUT2D eigenvalue weighted by Crippen LogP contribution is 2.16. The van der Waals surface area contributed by atoms with Gasteiger partial charge in [-0.25, -0.2) is 12.8 Å². The van der Waals surface area contributed by atoms with Gasteiger partial charge in [0.25, 0.3) is 0 Å². The van der Waals surface area contributed by atoms with Crippen molar-refractivity contribution in [2.24, 2.45) is 4.99 Å². The molecular formula is C20H25ClFN3O2S. The SMILES string of the molecule is CN=C(NCCCc1ccccc1Cl)NCc1cc(F)ccc1CS(C)(=O)=O. The second-order valence-electron chi connectivity index (χ2n) is 6.53. The summed E-state index contributed by atoms with van der Waals surface area (Å²) in [4.78, 5) is 4.15. The number of rotatable bonds is 8. The summed E-state index contributed by atoms with van der Waals surface area (Å²) in [6.07, 6.45) is 2.86. The van der Waals surface area contributed by atoms with Gasteiger partial charge in [-0.15, -0.1) is 0 Å². The van der Waals surface area contributed by atoms with Crippen molar-refractivity contribution in [3.05, 3.63) is 70.0 Å². The minimum absolute atomic E-state index is 0.131. The molecule has 0 saturated carbocycles. The number of guanidine groups is 1. The fourth-order valence-electron chi connectivity index (χ4n) is 2.77. The molecule has 0 unspecified atom stereocenters. The van der Waals surface area contributed by atoms with Gasteiger partial charge in [0.1, 0.15) is 5.82 Å². The largest absolute Gasteiger partial charge is 0.356 e. The molecule has 0 aromatic heterocycles. The van der Waals surface area contributed by atoms with Gasteiger partial charge in [-0.1, -0.05) is 35.9 Å². The van der Waals surface area contributed by atoms with Gasteiger partial charge in [-0.2, -0.15) is 0 Å². The summed E-state index contributed by atoms with van der Waals surface area (Å²) in [6.45, 7) is 0.955. The van der Waals surface area contributed by atoms with Crippen LogP contribution in [0.3, 0.4) is 0 Å². The van der Waals surface area contributed by atoms with Crippen LogP contribution in [0.2, 0.25) is 5.02 Å². The van der Waals surface area contributed by atoms with Crippen molar-refractivity contribution in [2.45, 2.75) is 25.1 Å². The van der Waals surface area contributed by atoms with Gasteiger partial charge in [-0.3, -0.25) is 4.99 Å². The fourth-order valence-corrected chi connectivity index (χ4v) is 3.85. The molecule has 0 aliphatic heterocycles. The molecule has 0 spiro atoms. The summed E-state index contributed by atoms with van der Waals surface area (Å²) in [6, 6.07) is 11.9. The maximum Gasteiger partial charge on any atom is 0.191 e. The Hall–Kier alpha value is -2.12. The zero-order valence-corrected chi connectivity index (χ0v) is 17.6. The van der Waals surface area contributed by atoms with E-state index in [2.05, 4.69) is 15.6 Å². The molecule has 0 aliphatic carbocycles. The molecule has 0 fully saturated rings. The van der Waals surface area contributed by atoms with E-state index in [9.17, 15) is 12.8 Å². The van der Waals surface area contributed by atoms with Crippen LogP contribution in [0.5, 0.6) is 0 Å². The van der Waals surface area contributed by atoms with Crippen molar-refractivity contribution < 1.29 is 12.8 Å². The lowest BCUT2D eigenvalue weighted by Gasteiger charge is -2.14. The number of aliphatic imine (C=N–C) groups is 1. The van der Waals surface area contributed by atoms with Crippen LogP contribution in [-0.4, -0.2) is 34.2 Å². The Labute approximate surface area is 170 Å². The molecule has 152 valence electrons. The van der Waals surface area contributed by atoms with Crippen molar-refractivity contribution in [3.8, 4) is 0 Å². The number of sulfone groups is 1. The Morgan fingerprint density at radius 1 is 1.11 bits per heavy atom. The van der Waals surface area contributed by atoms with E-state index in [1.807, 2.05) is 24.3 Å². The predicted octanol–water partition coefficient (Wildman–Crippen LogP) is 3.32. The highest BCUT2D eigenvalue weighted by Gasteiger charge is 2.11. The highest BCUT2D eigenvalue weighted by atomic mass is 35.5. The van der Waals surface area contributed by atoms with Crippen LogP contribution >= 0.6 is 11.6 Å². The summed E-state index contributed by atoms with van der Waals surface area (Å²) < 4.78 is 36.8. The zero-order valence-electron chi connectivity index (χ0n) is 16.0. The Kier molecular flexibility index (Phi) is 8.26. The monoisotopic (exact) mass is 425 g/mol. The van der Waals surface area contributed by atoms with Crippen LogP contribution in [0.1, 0.15) is 23.1 Å². The number of hydrogen-bond acceptors (Lipinski definition) is 3. The lowest BCUT2D eigenvalue weighted by molar-refractivity contribution is 0.599. The molecule has 2 rings (SSSR count). The summed E-state index contributed by atoms with van der Waals surface area (Å²) in [7, 11) is -1.57. The first-order valence-corrected chi connectivity index (χ1v) is 11.4. The Balaban J connectivity index is 1.88. The molecule has 0 bridgehead atoms. The smallest absolute Gasteiger partial charge is 0.191 e. The average Bonchev–Trinajstić information content (AvgIpc) is 2.63. The molecule has 0 amide bonds. The van der Waals surface area contributed by atoms with Crippen molar-refractivity contribution >= 4 is 27.4 Å². The predicted molar refractivity (Wildman–Crippen MR) is 113 cm³/mol. The van der Waals surface area contributed by atoms with E-state index >= 15 is 0 Å². The summed E-state index contributed by atoms with van der Waals surface area (Å²) in [5, 5.41) is 7.05. The average molecular weight is 426 g/mol. The summed E-state index contributed by atoms with van der Waals surface area (Å²) in [5.74, 6) is 0.0270. The Bertz CT molecular complexity index is 933. The number of halogens is 2. The quantitative estimate of drug-likeness (QED) is 0.386. The molecule has 0 atom stereocenters. The van der Waals surface area contributed by atoms with Crippen LogP contribution in [-0.2, 0) is 28.6 Å². The fraction of sp³-hybridized carbons (Fsp3) is 0.350. The normalized spacial score (nSPS) is 12.1. The van der Waals surface area contributed by atoms with E-state index < -0.39 is 15.7 Å². The van der Waals surface area contributed by atoms with Gasteiger partial charge in [0.05, 0.1) is 5.75 Å². The first-order valence-electron chi connectivity index (χ1n) is 8.91. The molecule has 2 N–H and O–H groups in total.